The normalized spacial score (nSPS) is 19.4. The second kappa shape index (κ2) is 6.74. The van der Waals surface area contributed by atoms with E-state index in [9.17, 15) is 14.4 Å². The molecule has 0 aliphatic carbocycles. The van der Waals surface area contributed by atoms with Crippen LogP contribution in [0.25, 0.3) is 0 Å². The summed E-state index contributed by atoms with van der Waals surface area (Å²) in [7, 11) is 0. The van der Waals surface area contributed by atoms with E-state index in [2.05, 4.69) is 5.32 Å². The van der Waals surface area contributed by atoms with Crippen LogP contribution in [0.2, 0.25) is 0 Å². The zero-order valence-corrected chi connectivity index (χ0v) is 14.7. The number of benzene rings is 1. The van der Waals surface area contributed by atoms with E-state index in [4.69, 9.17) is 4.74 Å². The summed E-state index contributed by atoms with van der Waals surface area (Å²) in [6.45, 7) is 6.42. The van der Waals surface area contributed by atoms with E-state index in [-0.39, 0.29) is 24.0 Å². The molecule has 0 aromatic heterocycles. The molecule has 25 heavy (non-hydrogen) atoms. The van der Waals surface area contributed by atoms with Crippen LogP contribution in [0, 0.1) is 0 Å². The first kappa shape index (κ1) is 17.3. The van der Waals surface area contributed by atoms with E-state index < -0.39 is 6.09 Å². The molecule has 0 radical (unpaired) electrons. The first-order chi connectivity index (χ1) is 11.9. The molecule has 3 rings (SSSR count). The number of amides is 3. The van der Waals surface area contributed by atoms with Crippen LogP contribution in [0.1, 0.15) is 32.8 Å². The Labute approximate surface area is 146 Å². The van der Waals surface area contributed by atoms with Gasteiger partial charge in [-0.1, -0.05) is 6.92 Å². The summed E-state index contributed by atoms with van der Waals surface area (Å²) in [5.74, 6) is 0.00521. The van der Waals surface area contributed by atoms with Gasteiger partial charge in [-0.25, -0.2) is 4.79 Å². The molecule has 1 fully saturated rings. The van der Waals surface area contributed by atoms with E-state index in [0.29, 0.717) is 31.6 Å². The molecular weight excluding hydrogens is 322 g/mol. The Bertz CT molecular complexity index is 716. The third-order valence-corrected chi connectivity index (χ3v) is 4.48. The second-order valence-electron chi connectivity index (χ2n) is 6.62. The molecule has 1 saturated heterocycles. The lowest BCUT2D eigenvalue weighted by molar-refractivity contribution is -0.121. The number of nitrogens with zero attached hydrogens (tertiary/aromatic N) is 2. The number of cyclic esters (lactones) is 1. The summed E-state index contributed by atoms with van der Waals surface area (Å²) in [5.41, 5.74) is 2.54. The zero-order valence-electron chi connectivity index (χ0n) is 14.7. The Morgan fingerprint density at radius 3 is 2.80 bits per heavy atom. The van der Waals surface area contributed by atoms with E-state index in [1.54, 1.807) is 16.7 Å². The maximum absolute atomic E-state index is 12.2. The molecule has 134 valence electrons. The Morgan fingerprint density at radius 2 is 2.12 bits per heavy atom. The van der Waals surface area contributed by atoms with Crippen molar-refractivity contribution < 1.29 is 19.1 Å². The highest BCUT2D eigenvalue weighted by Crippen LogP contribution is 2.34. The fraction of sp³-hybridized carbons (Fsp3) is 0.500. The molecule has 0 unspecified atom stereocenters. The Morgan fingerprint density at radius 1 is 1.36 bits per heavy atom. The monoisotopic (exact) mass is 345 g/mol. The Hall–Kier alpha value is -2.57. The Kier molecular flexibility index (Phi) is 4.65. The number of carbonyl (C=O) groups is 3. The van der Waals surface area contributed by atoms with Gasteiger partial charge in [-0.3, -0.25) is 14.5 Å². The van der Waals surface area contributed by atoms with Crippen LogP contribution in [0.4, 0.5) is 16.2 Å². The molecule has 2 aliphatic heterocycles. The van der Waals surface area contributed by atoms with Crippen molar-refractivity contribution in [2.45, 2.75) is 45.8 Å². The number of ether oxygens (including phenoxy) is 1. The fourth-order valence-corrected chi connectivity index (χ4v) is 3.26. The summed E-state index contributed by atoms with van der Waals surface area (Å²) >= 11 is 0. The summed E-state index contributed by atoms with van der Waals surface area (Å²) in [4.78, 5) is 39.0. The maximum Gasteiger partial charge on any atom is 0.414 e. The number of hydrogen-bond donors (Lipinski definition) is 1. The van der Waals surface area contributed by atoms with Crippen LogP contribution in [0.5, 0.6) is 0 Å². The van der Waals surface area contributed by atoms with Crippen LogP contribution in [0.3, 0.4) is 0 Å². The minimum Gasteiger partial charge on any atom is -0.442 e. The highest BCUT2D eigenvalue weighted by Gasteiger charge is 2.34. The molecule has 7 nitrogen and oxygen atoms in total. The molecular formula is C18H23N3O4. The summed E-state index contributed by atoms with van der Waals surface area (Å²) in [6.07, 6.45) is -0.0544. The van der Waals surface area contributed by atoms with Crippen molar-refractivity contribution in [3.05, 3.63) is 23.8 Å². The number of anilines is 2. The van der Waals surface area contributed by atoms with Crippen molar-refractivity contribution in [1.82, 2.24) is 5.32 Å². The van der Waals surface area contributed by atoms with E-state index >= 15 is 0 Å². The van der Waals surface area contributed by atoms with Gasteiger partial charge in [0.25, 0.3) is 0 Å². The van der Waals surface area contributed by atoms with Gasteiger partial charge in [-0.2, -0.15) is 0 Å². The van der Waals surface area contributed by atoms with E-state index in [1.807, 2.05) is 32.0 Å². The van der Waals surface area contributed by atoms with Crippen molar-refractivity contribution in [2.75, 3.05) is 22.9 Å². The third kappa shape index (κ3) is 3.31. The average molecular weight is 345 g/mol. The van der Waals surface area contributed by atoms with E-state index in [1.165, 1.54) is 0 Å². The molecule has 7 heteroatoms. The summed E-state index contributed by atoms with van der Waals surface area (Å²) in [6, 6.07) is 5.70. The van der Waals surface area contributed by atoms with Gasteiger partial charge in [0.15, 0.2) is 0 Å². The van der Waals surface area contributed by atoms with Gasteiger partial charge in [-0.15, -0.1) is 0 Å². The number of carbonyl (C=O) groups excluding carboxylic acids is 3. The lowest BCUT2D eigenvalue weighted by Crippen LogP contribution is -2.34. The smallest absolute Gasteiger partial charge is 0.414 e. The van der Waals surface area contributed by atoms with Gasteiger partial charge in [0.1, 0.15) is 6.10 Å². The van der Waals surface area contributed by atoms with Crippen LogP contribution in [-0.2, 0) is 20.7 Å². The molecule has 1 N–H and O–H groups in total. The maximum atomic E-state index is 12.2. The minimum absolute atomic E-state index is 0.0701. The fourth-order valence-electron chi connectivity index (χ4n) is 3.26. The molecule has 3 amide bonds. The lowest BCUT2D eigenvalue weighted by Gasteiger charge is -2.22. The molecule has 1 atom stereocenters. The molecule has 0 spiro atoms. The second-order valence-corrected chi connectivity index (χ2v) is 6.62. The first-order valence-corrected chi connectivity index (χ1v) is 8.60. The number of nitrogens with one attached hydrogen (secondary N) is 1. The van der Waals surface area contributed by atoms with Gasteiger partial charge < -0.3 is 15.0 Å². The number of fused-ring (bicyclic) bond motifs is 1. The van der Waals surface area contributed by atoms with Crippen LogP contribution < -0.4 is 15.1 Å². The highest BCUT2D eigenvalue weighted by atomic mass is 16.6. The number of hydrogen-bond acceptors (Lipinski definition) is 4. The molecule has 2 heterocycles. The predicted octanol–water partition coefficient (Wildman–Crippen LogP) is 1.84. The average Bonchev–Trinajstić information content (AvgIpc) is 3.10. The topological polar surface area (TPSA) is 79.0 Å². The molecule has 0 bridgehead atoms. The molecule has 1 aromatic carbocycles. The number of rotatable bonds is 5. The van der Waals surface area contributed by atoms with Crippen molar-refractivity contribution in [3.8, 4) is 0 Å². The summed E-state index contributed by atoms with van der Waals surface area (Å²) < 4.78 is 5.32. The van der Waals surface area contributed by atoms with Crippen LogP contribution in [-0.4, -0.2) is 43.1 Å². The van der Waals surface area contributed by atoms with Gasteiger partial charge in [0.2, 0.25) is 11.8 Å². The largest absolute Gasteiger partial charge is 0.442 e. The Balaban J connectivity index is 1.73. The first-order valence-electron chi connectivity index (χ1n) is 8.60. The summed E-state index contributed by atoms with van der Waals surface area (Å²) in [5, 5.41) is 2.74. The zero-order chi connectivity index (χ0) is 18.1. The lowest BCUT2D eigenvalue weighted by atomic mass is 10.1. The van der Waals surface area contributed by atoms with Gasteiger partial charge in [0.05, 0.1) is 19.5 Å². The van der Waals surface area contributed by atoms with Gasteiger partial charge in [0, 0.05) is 23.8 Å². The van der Waals surface area contributed by atoms with Crippen molar-refractivity contribution in [2.24, 2.45) is 0 Å². The predicted molar refractivity (Wildman–Crippen MR) is 93.7 cm³/mol. The van der Waals surface area contributed by atoms with Gasteiger partial charge in [-0.05, 0) is 37.6 Å². The molecule has 0 saturated carbocycles. The molecule has 1 aromatic rings. The van der Waals surface area contributed by atoms with Crippen LogP contribution >= 0.6 is 0 Å². The SMILES string of the molecule is CCC(=O)NC[C@H]1CN(c2ccc3c(c2)CC(=O)N3C(C)C)C(=O)O1. The van der Waals surface area contributed by atoms with Crippen molar-refractivity contribution >= 4 is 29.3 Å². The van der Waals surface area contributed by atoms with Crippen LogP contribution in [0.15, 0.2) is 18.2 Å². The highest BCUT2D eigenvalue weighted by molar-refractivity contribution is 6.02. The van der Waals surface area contributed by atoms with Gasteiger partial charge >= 0.3 is 6.09 Å². The van der Waals surface area contributed by atoms with Crippen molar-refractivity contribution in [3.63, 3.8) is 0 Å². The minimum atomic E-state index is -0.430. The van der Waals surface area contributed by atoms with Crippen molar-refractivity contribution in [1.29, 1.82) is 0 Å². The quantitative estimate of drug-likeness (QED) is 0.883. The third-order valence-electron chi connectivity index (χ3n) is 4.48. The molecule has 2 aliphatic rings. The van der Waals surface area contributed by atoms with E-state index in [0.717, 1.165) is 11.3 Å². The standard InChI is InChI=1S/C18H23N3O4/c1-4-16(22)19-9-14-10-20(18(24)25-14)13-5-6-15-12(7-13)8-17(23)21(15)11(2)3/h5-7,11,14H,4,8-10H2,1-3H3,(H,19,22)/t14-/m0/s1.